The Balaban J connectivity index is 1.59. The van der Waals surface area contributed by atoms with Gasteiger partial charge in [0.1, 0.15) is 5.69 Å². The number of anilines is 2. The van der Waals surface area contributed by atoms with E-state index in [1.165, 1.54) is 35.1 Å². The molecule has 4 aromatic rings. The topological polar surface area (TPSA) is 181 Å². The number of hydrogen-bond donors (Lipinski definition) is 5. The molecule has 0 radical (unpaired) electrons. The van der Waals surface area contributed by atoms with Gasteiger partial charge in [-0.1, -0.05) is 6.92 Å². The average molecular weight is 588 g/mol. The number of aromatic nitrogens is 5. The number of H-pyrrole nitrogens is 1. The summed E-state index contributed by atoms with van der Waals surface area (Å²) in [5, 5.41) is 13.9. The second-order valence-corrected chi connectivity index (χ2v) is 8.93. The fraction of sp³-hybridized carbons (Fsp3) is 0.308. The van der Waals surface area contributed by atoms with Crippen LogP contribution in [0.2, 0.25) is 0 Å². The SMILES string of the molecule is CCc1c(C(=O)NCCNC(=O)CCCN)ccc(Nc2nccn3c(-c4cn[nH]c4C(F)(F)F)cnc23)c1OC=O. The zero-order chi connectivity index (χ0) is 30.3. The zero-order valence-corrected chi connectivity index (χ0v) is 22.4. The van der Waals surface area contributed by atoms with Gasteiger partial charge < -0.3 is 26.4 Å². The molecule has 3 heterocycles. The summed E-state index contributed by atoms with van der Waals surface area (Å²) in [6.07, 6.45) is 1.64. The first-order valence-corrected chi connectivity index (χ1v) is 12.9. The number of halogens is 3. The van der Waals surface area contributed by atoms with Gasteiger partial charge in [-0.25, -0.2) is 9.97 Å². The van der Waals surface area contributed by atoms with Crippen molar-refractivity contribution in [2.75, 3.05) is 25.0 Å². The van der Waals surface area contributed by atoms with Crippen molar-refractivity contribution in [3.8, 4) is 17.0 Å². The van der Waals surface area contributed by atoms with Gasteiger partial charge in [-0.15, -0.1) is 0 Å². The van der Waals surface area contributed by atoms with Gasteiger partial charge in [-0.05, 0) is 31.5 Å². The molecular weight excluding hydrogens is 559 g/mol. The van der Waals surface area contributed by atoms with Crippen LogP contribution in [0.4, 0.5) is 24.7 Å². The van der Waals surface area contributed by atoms with Gasteiger partial charge in [-0.3, -0.25) is 23.9 Å². The molecule has 0 aliphatic rings. The Bertz CT molecular complexity index is 1580. The third-order valence-corrected chi connectivity index (χ3v) is 6.25. The third-order valence-electron chi connectivity index (χ3n) is 6.25. The number of ether oxygens (including phenoxy) is 1. The maximum Gasteiger partial charge on any atom is 0.433 e. The van der Waals surface area contributed by atoms with Gasteiger partial charge in [0.25, 0.3) is 12.4 Å². The maximum absolute atomic E-state index is 13.5. The summed E-state index contributed by atoms with van der Waals surface area (Å²) in [4.78, 5) is 44.6. The number of nitrogens with two attached hydrogens (primary N) is 1. The fourth-order valence-corrected chi connectivity index (χ4v) is 4.33. The first kappa shape index (κ1) is 30.0. The van der Waals surface area contributed by atoms with Crippen molar-refractivity contribution < 1.29 is 32.3 Å². The van der Waals surface area contributed by atoms with Crippen LogP contribution in [0.15, 0.2) is 36.9 Å². The number of aromatic amines is 1. The van der Waals surface area contributed by atoms with E-state index < -0.39 is 17.8 Å². The van der Waals surface area contributed by atoms with E-state index in [1.54, 1.807) is 6.92 Å². The number of imidazole rings is 1. The van der Waals surface area contributed by atoms with Gasteiger partial charge in [0.05, 0.1) is 29.3 Å². The number of amides is 2. The molecular formula is C26H28F3N9O4. The number of benzene rings is 1. The lowest BCUT2D eigenvalue weighted by atomic mass is 10.0. The Kier molecular flexibility index (Phi) is 9.36. The summed E-state index contributed by atoms with van der Waals surface area (Å²) in [5.74, 6) is -0.384. The molecule has 42 heavy (non-hydrogen) atoms. The smallest absolute Gasteiger partial charge is 0.426 e. The summed E-state index contributed by atoms with van der Waals surface area (Å²) >= 11 is 0. The van der Waals surface area contributed by atoms with E-state index in [9.17, 15) is 27.6 Å². The van der Waals surface area contributed by atoms with Crippen molar-refractivity contribution in [1.82, 2.24) is 35.2 Å². The summed E-state index contributed by atoms with van der Waals surface area (Å²) < 4.78 is 47.1. The van der Waals surface area contributed by atoms with Crippen LogP contribution in [-0.2, 0) is 22.2 Å². The number of alkyl halides is 3. The Labute approximate surface area is 237 Å². The molecule has 13 nitrogen and oxygen atoms in total. The molecule has 2 amide bonds. The molecule has 0 saturated carbocycles. The van der Waals surface area contributed by atoms with E-state index in [1.807, 2.05) is 5.10 Å². The number of carbonyl (C=O) groups excluding carboxylic acids is 3. The number of nitrogens with zero attached hydrogens (tertiary/aromatic N) is 4. The van der Waals surface area contributed by atoms with Crippen molar-refractivity contribution >= 4 is 35.4 Å². The van der Waals surface area contributed by atoms with E-state index in [4.69, 9.17) is 10.5 Å². The highest BCUT2D eigenvalue weighted by Crippen LogP contribution is 2.37. The molecule has 6 N–H and O–H groups in total. The van der Waals surface area contributed by atoms with E-state index in [0.29, 0.717) is 31.4 Å². The lowest BCUT2D eigenvalue weighted by Gasteiger charge is -2.17. The molecule has 1 aromatic carbocycles. The molecule has 0 saturated heterocycles. The molecule has 0 unspecified atom stereocenters. The highest BCUT2D eigenvalue weighted by Gasteiger charge is 2.36. The summed E-state index contributed by atoms with van der Waals surface area (Å²) in [6.45, 7) is 2.79. The molecule has 0 fully saturated rings. The van der Waals surface area contributed by atoms with Crippen LogP contribution >= 0.6 is 0 Å². The zero-order valence-electron chi connectivity index (χ0n) is 22.4. The first-order valence-electron chi connectivity index (χ1n) is 12.9. The van der Waals surface area contributed by atoms with Gasteiger partial charge in [0.15, 0.2) is 17.2 Å². The largest absolute Gasteiger partial charge is 0.433 e. The van der Waals surface area contributed by atoms with Crippen LogP contribution in [0.3, 0.4) is 0 Å². The van der Waals surface area contributed by atoms with Crippen molar-refractivity contribution in [3.05, 3.63) is 53.7 Å². The van der Waals surface area contributed by atoms with Crippen LogP contribution in [0, 0.1) is 0 Å². The standard InChI is InChI=1S/C26H28F3N9O4/c1-2-15-16(25(41)33-9-8-31-20(40)4-3-7-30)5-6-18(21(15)42-14-39)36-23-24-34-13-19(38(24)11-10-32-23)17-12-35-37-22(17)26(27,28)29/h5-6,10-14H,2-4,7-9,30H2,1H3,(H,31,40)(H,32,36)(H,33,41)(H,35,37). The lowest BCUT2D eigenvalue weighted by Crippen LogP contribution is -2.35. The van der Waals surface area contributed by atoms with Crippen molar-refractivity contribution in [2.24, 2.45) is 5.73 Å². The quantitative estimate of drug-likeness (QED) is 0.116. The second-order valence-electron chi connectivity index (χ2n) is 8.93. The number of rotatable bonds is 13. The van der Waals surface area contributed by atoms with Crippen molar-refractivity contribution in [1.29, 1.82) is 0 Å². The Morgan fingerprint density at radius 3 is 2.67 bits per heavy atom. The van der Waals surface area contributed by atoms with E-state index >= 15 is 0 Å². The molecule has 0 spiro atoms. The highest BCUT2D eigenvalue weighted by molar-refractivity contribution is 5.98. The second kappa shape index (κ2) is 13.1. The average Bonchev–Trinajstić information content (AvgIpc) is 3.63. The summed E-state index contributed by atoms with van der Waals surface area (Å²) in [7, 11) is 0. The van der Waals surface area contributed by atoms with Crippen LogP contribution < -0.4 is 26.4 Å². The molecule has 3 aromatic heterocycles. The molecule has 0 bridgehead atoms. The molecule has 0 atom stereocenters. The normalized spacial score (nSPS) is 11.4. The summed E-state index contributed by atoms with van der Waals surface area (Å²) in [5.41, 5.74) is 5.43. The third kappa shape index (κ3) is 6.49. The maximum atomic E-state index is 13.5. The van der Waals surface area contributed by atoms with Crippen LogP contribution in [0.25, 0.3) is 16.9 Å². The van der Waals surface area contributed by atoms with Crippen LogP contribution in [0.5, 0.6) is 5.75 Å². The number of hydrogen-bond acceptors (Lipinski definition) is 9. The highest BCUT2D eigenvalue weighted by atomic mass is 19.4. The minimum atomic E-state index is -4.66. The Morgan fingerprint density at radius 1 is 1.17 bits per heavy atom. The molecule has 16 heteroatoms. The predicted molar refractivity (Wildman–Crippen MR) is 145 cm³/mol. The minimum Gasteiger partial charge on any atom is -0.426 e. The van der Waals surface area contributed by atoms with Gasteiger partial charge in [0.2, 0.25) is 5.91 Å². The number of nitrogens with one attached hydrogen (secondary N) is 4. The monoisotopic (exact) mass is 587 g/mol. The van der Waals surface area contributed by atoms with E-state index in [0.717, 1.165) is 6.20 Å². The fourth-order valence-electron chi connectivity index (χ4n) is 4.33. The van der Waals surface area contributed by atoms with Crippen LogP contribution in [0.1, 0.15) is 41.4 Å². The first-order chi connectivity index (χ1) is 20.2. The van der Waals surface area contributed by atoms with E-state index in [2.05, 4.69) is 31.0 Å². The van der Waals surface area contributed by atoms with Crippen LogP contribution in [-0.4, -0.2) is 62.5 Å². The minimum absolute atomic E-state index is 0.0695. The van der Waals surface area contributed by atoms with E-state index in [-0.39, 0.29) is 65.2 Å². The predicted octanol–water partition coefficient (Wildman–Crippen LogP) is 2.56. The Hall–Kier alpha value is -4.99. The molecule has 222 valence electrons. The molecule has 4 rings (SSSR count). The van der Waals surface area contributed by atoms with Crippen molar-refractivity contribution in [2.45, 2.75) is 32.4 Å². The van der Waals surface area contributed by atoms with Gasteiger partial charge in [-0.2, -0.15) is 18.3 Å². The Morgan fingerprint density at radius 2 is 1.95 bits per heavy atom. The number of carbonyl (C=O) groups is 3. The lowest BCUT2D eigenvalue weighted by molar-refractivity contribution is -0.140. The van der Waals surface area contributed by atoms with Crippen molar-refractivity contribution in [3.63, 3.8) is 0 Å². The summed E-state index contributed by atoms with van der Waals surface area (Å²) in [6, 6.07) is 3.04. The van der Waals surface area contributed by atoms with Gasteiger partial charge in [0, 0.05) is 43.0 Å². The van der Waals surface area contributed by atoms with Gasteiger partial charge >= 0.3 is 6.18 Å². The number of fused-ring (bicyclic) bond motifs is 1. The molecule has 0 aliphatic carbocycles. The molecule has 0 aliphatic heterocycles.